The summed E-state index contributed by atoms with van der Waals surface area (Å²) < 4.78 is 11.3. The lowest BCUT2D eigenvalue weighted by Crippen LogP contribution is -2.36. The quantitative estimate of drug-likeness (QED) is 0.205. The van der Waals surface area contributed by atoms with Gasteiger partial charge in [-0.05, 0) is 25.5 Å². The fraction of sp³-hybridized carbons (Fsp3) is 0.524. The minimum Gasteiger partial charge on any atom is -0.491 e. The number of benzene rings is 1. The van der Waals surface area contributed by atoms with Crippen molar-refractivity contribution in [2.24, 2.45) is 4.99 Å². The lowest BCUT2D eigenvalue weighted by molar-refractivity contribution is 0.110. The first-order chi connectivity index (χ1) is 13.5. The van der Waals surface area contributed by atoms with Crippen molar-refractivity contribution in [2.75, 3.05) is 26.9 Å². The van der Waals surface area contributed by atoms with Crippen LogP contribution in [-0.4, -0.2) is 37.8 Å². The molecule has 0 aliphatic rings. The molecule has 2 rings (SSSR count). The minimum atomic E-state index is 0. The third-order valence-electron chi connectivity index (χ3n) is 4.08. The first-order valence-electron chi connectivity index (χ1n) is 9.72. The Morgan fingerprint density at radius 2 is 1.97 bits per heavy atom. The molecule has 29 heavy (non-hydrogen) atoms. The van der Waals surface area contributed by atoms with E-state index in [9.17, 15) is 0 Å². The van der Waals surface area contributed by atoms with Crippen LogP contribution in [0.4, 0.5) is 0 Å². The van der Waals surface area contributed by atoms with Gasteiger partial charge in [-0.15, -0.1) is 35.3 Å². The van der Waals surface area contributed by atoms with E-state index in [4.69, 9.17) is 9.47 Å². The van der Waals surface area contributed by atoms with Gasteiger partial charge >= 0.3 is 0 Å². The van der Waals surface area contributed by atoms with E-state index in [0.717, 1.165) is 28.0 Å². The van der Waals surface area contributed by atoms with Gasteiger partial charge in [-0.3, -0.25) is 4.99 Å². The van der Waals surface area contributed by atoms with Crippen molar-refractivity contribution in [3.8, 4) is 5.75 Å². The van der Waals surface area contributed by atoms with E-state index in [1.165, 1.54) is 5.56 Å². The van der Waals surface area contributed by atoms with Crippen LogP contribution in [-0.2, 0) is 17.8 Å². The summed E-state index contributed by atoms with van der Waals surface area (Å²) in [6.07, 6.45) is 0. The molecule has 0 amide bonds. The molecule has 0 atom stereocenters. The molecule has 162 valence electrons. The summed E-state index contributed by atoms with van der Waals surface area (Å²) in [4.78, 5) is 8.95. The largest absolute Gasteiger partial charge is 0.491 e. The number of halogens is 1. The monoisotopic (exact) mass is 532 g/mol. The first-order valence-corrected chi connectivity index (χ1v) is 10.6. The highest BCUT2D eigenvalue weighted by molar-refractivity contribution is 14.0. The summed E-state index contributed by atoms with van der Waals surface area (Å²) in [7, 11) is 1.77. The number of aromatic nitrogens is 1. The number of guanidine groups is 1. The molecule has 1 heterocycles. The third-order valence-corrected chi connectivity index (χ3v) is 5.28. The summed E-state index contributed by atoms with van der Waals surface area (Å²) in [5.74, 6) is 2.07. The molecule has 1 aromatic carbocycles. The Hall–Kier alpha value is -1.39. The number of rotatable bonds is 10. The highest BCUT2D eigenvalue weighted by atomic mass is 127. The van der Waals surface area contributed by atoms with Gasteiger partial charge in [0.1, 0.15) is 12.4 Å². The van der Waals surface area contributed by atoms with Gasteiger partial charge in [-0.25, -0.2) is 4.98 Å². The molecule has 1 aromatic heterocycles. The third kappa shape index (κ3) is 8.88. The summed E-state index contributed by atoms with van der Waals surface area (Å²) in [6, 6.07) is 6.23. The van der Waals surface area contributed by atoms with Gasteiger partial charge in [0, 0.05) is 37.1 Å². The van der Waals surface area contributed by atoms with Crippen molar-refractivity contribution in [3.05, 3.63) is 45.4 Å². The zero-order valence-electron chi connectivity index (χ0n) is 17.9. The molecule has 0 saturated carbocycles. The summed E-state index contributed by atoms with van der Waals surface area (Å²) >= 11 is 1.70. The summed E-state index contributed by atoms with van der Waals surface area (Å²) in [5.41, 5.74) is 3.29. The predicted molar refractivity (Wildman–Crippen MR) is 132 cm³/mol. The Labute approximate surface area is 195 Å². The van der Waals surface area contributed by atoms with Crippen LogP contribution < -0.4 is 15.4 Å². The van der Waals surface area contributed by atoms with E-state index >= 15 is 0 Å². The fourth-order valence-corrected chi connectivity index (χ4v) is 3.37. The predicted octanol–water partition coefficient (Wildman–Crippen LogP) is 4.47. The maximum absolute atomic E-state index is 5.91. The van der Waals surface area contributed by atoms with Crippen LogP contribution in [0, 0.1) is 6.92 Å². The highest BCUT2D eigenvalue weighted by Crippen LogP contribution is 2.21. The molecule has 8 heteroatoms. The molecule has 0 fully saturated rings. The standard InChI is InChI=1S/C21H32N4O2S.HI/c1-6-26-9-10-27-19-11-16(4)7-8-17(19)12-23-21(22-5)24-13-18-14-28-20(25-18)15(2)3;/h7-8,11,14-15H,6,9-10,12-13H2,1-5H3,(H2,22,23,24);1H. The number of aliphatic imine (C=N–C) groups is 1. The molecule has 0 bridgehead atoms. The second kappa shape index (κ2) is 13.8. The smallest absolute Gasteiger partial charge is 0.191 e. The van der Waals surface area contributed by atoms with E-state index in [-0.39, 0.29) is 24.0 Å². The van der Waals surface area contributed by atoms with Crippen LogP contribution in [0.2, 0.25) is 0 Å². The Balaban J connectivity index is 0.00000420. The van der Waals surface area contributed by atoms with E-state index in [0.29, 0.717) is 38.8 Å². The average Bonchev–Trinajstić information content (AvgIpc) is 3.16. The van der Waals surface area contributed by atoms with E-state index in [1.807, 2.05) is 6.92 Å². The molecular weight excluding hydrogens is 499 g/mol. The second-order valence-corrected chi connectivity index (χ2v) is 7.66. The number of ether oxygens (including phenoxy) is 2. The SMILES string of the molecule is CCOCCOc1cc(C)ccc1CNC(=NC)NCc1csc(C(C)C)n1.I. The van der Waals surface area contributed by atoms with Crippen LogP contribution in [0.5, 0.6) is 5.75 Å². The van der Waals surface area contributed by atoms with Crippen LogP contribution in [0.1, 0.15) is 48.5 Å². The van der Waals surface area contributed by atoms with Gasteiger partial charge in [0.2, 0.25) is 0 Å². The van der Waals surface area contributed by atoms with E-state index in [1.54, 1.807) is 18.4 Å². The number of nitrogens with one attached hydrogen (secondary N) is 2. The molecule has 0 aliphatic carbocycles. The maximum Gasteiger partial charge on any atom is 0.191 e. The average molecular weight is 532 g/mol. The molecule has 6 nitrogen and oxygen atoms in total. The van der Waals surface area contributed by atoms with Gasteiger partial charge in [0.05, 0.1) is 23.9 Å². The Morgan fingerprint density at radius 1 is 1.21 bits per heavy atom. The van der Waals surface area contributed by atoms with Crippen molar-refractivity contribution < 1.29 is 9.47 Å². The Morgan fingerprint density at radius 3 is 2.62 bits per heavy atom. The molecule has 2 N–H and O–H groups in total. The molecule has 0 saturated heterocycles. The summed E-state index contributed by atoms with van der Waals surface area (Å²) in [6.45, 7) is 11.5. The topological polar surface area (TPSA) is 67.8 Å². The van der Waals surface area contributed by atoms with Crippen molar-refractivity contribution >= 4 is 41.3 Å². The lowest BCUT2D eigenvalue weighted by Gasteiger charge is -2.15. The van der Waals surface area contributed by atoms with Crippen LogP contribution in [0.15, 0.2) is 28.6 Å². The zero-order valence-corrected chi connectivity index (χ0v) is 21.1. The van der Waals surface area contributed by atoms with Gasteiger partial charge in [-0.2, -0.15) is 0 Å². The molecule has 0 unspecified atom stereocenters. The fourth-order valence-electron chi connectivity index (χ4n) is 2.54. The van der Waals surface area contributed by atoms with Gasteiger partial charge in [0.15, 0.2) is 5.96 Å². The van der Waals surface area contributed by atoms with Crippen LogP contribution in [0.25, 0.3) is 0 Å². The van der Waals surface area contributed by atoms with E-state index in [2.05, 4.69) is 65.0 Å². The molecular formula is C21H33IN4O2S. The maximum atomic E-state index is 5.91. The summed E-state index contributed by atoms with van der Waals surface area (Å²) in [5, 5.41) is 9.93. The van der Waals surface area contributed by atoms with Crippen molar-refractivity contribution in [3.63, 3.8) is 0 Å². The van der Waals surface area contributed by atoms with Gasteiger partial charge in [0.25, 0.3) is 0 Å². The van der Waals surface area contributed by atoms with E-state index < -0.39 is 0 Å². The van der Waals surface area contributed by atoms with Gasteiger partial charge < -0.3 is 20.1 Å². The Bertz CT molecular complexity index is 765. The lowest BCUT2D eigenvalue weighted by atomic mass is 10.1. The highest BCUT2D eigenvalue weighted by Gasteiger charge is 2.08. The molecule has 0 aliphatic heterocycles. The number of hydrogen-bond acceptors (Lipinski definition) is 5. The molecule has 2 aromatic rings. The van der Waals surface area contributed by atoms with Crippen molar-refractivity contribution in [1.82, 2.24) is 15.6 Å². The Kier molecular flexibility index (Phi) is 12.2. The first kappa shape index (κ1) is 25.6. The number of aryl methyl sites for hydroxylation is 1. The van der Waals surface area contributed by atoms with Crippen molar-refractivity contribution in [1.29, 1.82) is 0 Å². The second-order valence-electron chi connectivity index (χ2n) is 6.77. The van der Waals surface area contributed by atoms with Crippen molar-refractivity contribution in [2.45, 2.75) is 46.7 Å². The van der Waals surface area contributed by atoms with Crippen LogP contribution in [0.3, 0.4) is 0 Å². The molecule has 0 radical (unpaired) electrons. The zero-order chi connectivity index (χ0) is 20.4. The number of thiazole rings is 1. The number of nitrogens with zero attached hydrogens (tertiary/aromatic N) is 2. The van der Waals surface area contributed by atoms with Crippen LogP contribution >= 0.6 is 35.3 Å². The molecule has 0 spiro atoms. The minimum absolute atomic E-state index is 0. The van der Waals surface area contributed by atoms with Gasteiger partial charge in [-0.1, -0.05) is 26.0 Å². The number of hydrogen-bond donors (Lipinski definition) is 2. The normalized spacial score (nSPS) is 11.3.